The summed E-state index contributed by atoms with van der Waals surface area (Å²) in [5.74, 6) is 0.639. The first-order chi connectivity index (χ1) is 6.74. The van der Waals surface area contributed by atoms with Gasteiger partial charge in [0.1, 0.15) is 0 Å². The van der Waals surface area contributed by atoms with Crippen LogP contribution in [0.3, 0.4) is 0 Å². The number of nitrogens with zero attached hydrogens (tertiary/aromatic N) is 1. The Balaban J connectivity index is 2.27. The maximum Gasteiger partial charge on any atom is 0.0794 e. The Morgan fingerprint density at radius 1 is 1.64 bits per heavy atom. The molecule has 0 spiro atoms. The van der Waals surface area contributed by atoms with E-state index in [1.807, 2.05) is 17.8 Å². The van der Waals surface area contributed by atoms with Crippen molar-refractivity contribution in [3.05, 3.63) is 29.2 Å². The van der Waals surface area contributed by atoms with Gasteiger partial charge in [0, 0.05) is 23.7 Å². The van der Waals surface area contributed by atoms with E-state index in [2.05, 4.69) is 30.7 Å². The Labute approximate surface area is 90.1 Å². The fourth-order valence-corrected chi connectivity index (χ4v) is 1.80. The summed E-state index contributed by atoms with van der Waals surface area (Å²) in [5.41, 5.74) is 1.87. The molecule has 0 bridgehead atoms. The Hall–Kier alpha value is -0.670. The van der Waals surface area contributed by atoms with Gasteiger partial charge < -0.3 is 5.32 Å². The van der Waals surface area contributed by atoms with Crippen LogP contribution in [0.4, 0.5) is 0 Å². The lowest BCUT2D eigenvalue weighted by Crippen LogP contribution is -2.31. The number of nitrogens with one attached hydrogen (secondary N) is 1. The van der Waals surface area contributed by atoms with Gasteiger partial charge in [0.05, 0.1) is 5.51 Å². The molecule has 1 heterocycles. The maximum atomic E-state index is 4.04. The summed E-state index contributed by atoms with van der Waals surface area (Å²) in [5, 5.41) is 3.49. The predicted octanol–water partition coefficient (Wildman–Crippen LogP) is 2.83. The summed E-state index contributed by atoms with van der Waals surface area (Å²) in [6.45, 7) is 9.14. The average Bonchev–Trinajstić information content (AvgIpc) is 2.67. The molecule has 0 fully saturated rings. The quantitative estimate of drug-likeness (QED) is 0.730. The van der Waals surface area contributed by atoms with Crippen LogP contribution in [-0.2, 0) is 6.54 Å². The molecule has 2 atom stereocenters. The third kappa shape index (κ3) is 3.60. The third-order valence-electron chi connectivity index (χ3n) is 2.47. The Bertz CT molecular complexity index is 256. The zero-order valence-corrected chi connectivity index (χ0v) is 9.68. The molecule has 0 aliphatic carbocycles. The molecule has 1 N–H and O–H groups in total. The molecule has 3 heteroatoms. The van der Waals surface area contributed by atoms with Crippen molar-refractivity contribution in [1.82, 2.24) is 10.3 Å². The predicted molar refractivity (Wildman–Crippen MR) is 62.4 cm³/mol. The fourth-order valence-electron chi connectivity index (χ4n) is 1.26. The molecule has 1 aromatic rings. The highest BCUT2D eigenvalue weighted by atomic mass is 32.1. The highest BCUT2D eigenvalue weighted by Gasteiger charge is 2.09. The molecule has 0 amide bonds. The molecule has 0 saturated heterocycles. The minimum absolute atomic E-state index is 0.523. The van der Waals surface area contributed by atoms with Gasteiger partial charge in [0.15, 0.2) is 0 Å². The molecule has 0 aliphatic rings. The number of rotatable bonds is 6. The first-order valence-corrected chi connectivity index (χ1v) is 5.83. The summed E-state index contributed by atoms with van der Waals surface area (Å²) in [6.07, 6.45) is 4.97. The van der Waals surface area contributed by atoms with E-state index in [0.29, 0.717) is 12.0 Å². The van der Waals surface area contributed by atoms with Crippen LogP contribution in [0.25, 0.3) is 0 Å². The van der Waals surface area contributed by atoms with E-state index in [4.69, 9.17) is 0 Å². The molecular weight excluding hydrogens is 192 g/mol. The number of thiazole rings is 1. The average molecular weight is 210 g/mol. The second-order valence-electron chi connectivity index (χ2n) is 3.64. The SMILES string of the molecule is C=CCC(C)C(C)NCc1cncs1. The highest BCUT2D eigenvalue weighted by molar-refractivity contribution is 7.09. The lowest BCUT2D eigenvalue weighted by atomic mass is 10.00. The topological polar surface area (TPSA) is 24.9 Å². The van der Waals surface area contributed by atoms with E-state index >= 15 is 0 Å². The minimum Gasteiger partial charge on any atom is -0.309 e. The third-order valence-corrected chi connectivity index (χ3v) is 3.25. The summed E-state index contributed by atoms with van der Waals surface area (Å²) in [4.78, 5) is 5.34. The van der Waals surface area contributed by atoms with Crippen LogP contribution >= 0.6 is 11.3 Å². The zero-order chi connectivity index (χ0) is 10.4. The van der Waals surface area contributed by atoms with Crippen LogP contribution in [0.15, 0.2) is 24.4 Å². The Kier molecular flexibility index (Phi) is 4.84. The molecule has 0 saturated carbocycles. The van der Waals surface area contributed by atoms with Crippen LogP contribution in [-0.4, -0.2) is 11.0 Å². The minimum atomic E-state index is 0.523. The van der Waals surface area contributed by atoms with Gasteiger partial charge in [-0.1, -0.05) is 13.0 Å². The van der Waals surface area contributed by atoms with Crippen molar-refractivity contribution in [2.75, 3.05) is 0 Å². The number of allylic oxidation sites excluding steroid dienone is 1. The largest absolute Gasteiger partial charge is 0.309 e. The van der Waals surface area contributed by atoms with Crippen LogP contribution in [0.5, 0.6) is 0 Å². The Morgan fingerprint density at radius 3 is 3.00 bits per heavy atom. The number of hydrogen-bond acceptors (Lipinski definition) is 3. The van der Waals surface area contributed by atoms with Gasteiger partial charge in [-0.25, -0.2) is 0 Å². The molecule has 0 aliphatic heterocycles. The maximum absolute atomic E-state index is 4.04. The van der Waals surface area contributed by atoms with Crippen molar-refractivity contribution in [2.24, 2.45) is 5.92 Å². The second kappa shape index (κ2) is 5.94. The molecule has 1 aromatic heterocycles. The van der Waals surface area contributed by atoms with Crippen LogP contribution in [0.2, 0.25) is 0 Å². The molecule has 0 radical (unpaired) electrons. The fraction of sp³-hybridized carbons (Fsp3) is 0.545. The highest BCUT2D eigenvalue weighted by Crippen LogP contribution is 2.10. The molecule has 14 heavy (non-hydrogen) atoms. The smallest absolute Gasteiger partial charge is 0.0794 e. The summed E-state index contributed by atoms with van der Waals surface area (Å²) < 4.78 is 0. The van der Waals surface area contributed by atoms with E-state index in [0.717, 1.165) is 13.0 Å². The first-order valence-electron chi connectivity index (χ1n) is 4.95. The van der Waals surface area contributed by atoms with Gasteiger partial charge in [0.25, 0.3) is 0 Å². The van der Waals surface area contributed by atoms with Gasteiger partial charge in [0.2, 0.25) is 0 Å². The molecule has 78 valence electrons. The molecule has 2 unspecified atom stereocenters. The molecule has 2 nitrogen and oxygen atoms in total. The second-order valence-corrected chi connectivity index (χ2v) is 4.61. The number of aromatic nitrogens is 1. The zero-order valence-electron chi connectivity index (χ0n) is 8.86. The van der Waals surface area contributed by atoms with E-state index in [1.165, 1.54) is 4.88 Å². The van der Waals surface area contributed by atoms with Crippen molar-refractivity contribution < 1.29 is 0 Å². The summed E-state index contributed by atoms with van der Waals surface area (Å²) in [6, 6.07) is 0.523. The van der Waals surface area contributed by atoms with E-state index < -0.39 is 0 Å². The van der Waals surface area contributed by atoms with Crippen molar-refractivity contribution >= 4 is 11.3 Å². The molecule has 1 rings (SSSR count). The lowest BCUT2D eigenvalue weighted by Gasteiger charge is -2.19. The van der Waals surface area contributed by atoms with Crippen molar-refractivity contribution in [1.29, 1.82) is 0 Å². The number of hydrogen-bond donors (Lipinski definition) is 1. The summed E-state index contributed by atoms with van der Waals surface area (Å²) >= 11 is 1.70. The van der Waals surface area contributed by atoms with Crippen LogP contribution in [0, 0.1) is 5.92 Å². The van der Waals surface area contributed by atoms with Gasteiger partial charge in [-0.3, -0.25) is 4.98 Å². The standard InChI is InChI=1S/C11H18N2S/c1-4-5-9(2)10(3)13-7-11-6-12-8-14-11/h4,6,8-10,13H,1,5,7H2,2-3H3. The van der Waals surface area contributed by atoms with Crippen LogP contribution in [0.1, 0.15) is 25.1 Å². The molecule has 0 aromatic carbocycles. The molecular formula is C11H18N2S. The summed E-state index contributed by atoms with van der Waals surface area (Å²) in [7, 11) is 0. The lowest BCUT2D eigenvalue weighted by molar-refractivity contribution is 0.403. The van der Waals surface area contributed by atoms with Crippen LogP contribution < -0.4 is 5.32 Å². The Morgan fingerprint density at radius 2 is 2.43 bits per heavy atom. The normalized spacial score (nSPS) is 15.0. The van der Waals surface area contributed by atoms with E-state index in [1.54, 1.807) is 11.3 Å². The van der Waals surface area contributed by atoms with Gasteiger partial charge >= 0.3 is 0 Å². The van der Waals surface area contributed by atoms with E-state index in [9.17, 15) is 0 Å². The van der Waals surface area contributed by atoms with E-state index in [-0.39, 0.29) is 0 Å². The van der Waals surface area contributed by atoms with Gasteiger partial charge in [-0.2, -0.15) is 0 Å². The van der Waals surface area contributed by atoms with Crippen molar-refractivity contribution in [3.63, 3.8) is 0 Å². The van der Waals surface area contributed by atoms with Crippen molar-refractivity contribution in [2.45, 2.75) is 32.9 Å². The van der Waals surface area contributed by atoms with Gasteiger partial charge in [-0.15, -0.1) is 17.9 Å². The van der Waals surface area contributed by atoms with Crippen molar-refractivity contribution in [3.8, 4) is 0 Å². The van der Waals surface area contributed by atoms with Gasteiger partial charge in [-0.05, 0) is 19.3 Å². The first kappa shape index (κ1) is 11.4. The monoisotopic (exact) mass is 210 g/mol.